The van der Waals surface area contributed by atoms with Crippen LogP contribution in [0.3, 0.4) is 0 Å². The smallest absolute Gasteiger partial charge is 0.408 e. The SMILES string of the molecule is CC[C@@H]1C[C@@H](C)CCC=C[C@@H]2C[C@@]2(C(=O)NS(=O)(=O)C2(C)CC2)NC(=O)[C@@H]2C[C@@H](Oc3nc4c(c5cc(OC)ccc35)CCCO4)CN2C(=O)[C@H]1N(C(=O)O)C(C)(C)C(F)F. The van der Waals surface area contributed by atoms with Gasteiger partial charge in [-0.15, -0.1) is 0 Å². The normalized spacial score (nSPS) is 28.9. The summed E-state index contributed by atoms with van der Waals surface area (Å²) in [6.07, 6.45) is 1.67. The van der Waals surface area contributed by atoms with E-state index in [1.165, 1.54) is 4.90 Å². The van der Waals surface area contributed by atoms with Crippen LogP contribution in [0.15, 0.2) is 30.4 Å². The standard InChI is InChI=1S/C43H57F2N5O10S/c1-7-25-19-24(2)11-8-9-12-26-22-43(26,39(53)48-61(56,57)42(5)16-17-42)47-34(51)32-21-28(23-49(32)37(52)33(25)50(40(54)55)41(3,4)38(44)45)60-36-30-15-14-27(58-6)20-31(30)29-13-10-18-59-35(29)46-36/h9,12,14-15,20,24-26,28,32-33,38H,7-8,10-11,13,16-19,21-23H2,1-6H3,(H,47,51)(H,48,53)(H,54,55)/t24-,25+,26+,28+,32-,33-,43+/m0/s1. The Morgan fingerprint density at radius 1 is 1.20 bits per heavy atom. The van der Waals surface area contributed by atoms with Gasteiger partial charge in [-0.3, -0.25) is 24.0 Å². The highest BCUT2D eigenvalue weighted by molar-refractivity contribution is 7.91. The van der Waals surface area contributed by atoms with E-state index in [1.54, 1.807) is 39.2 Å². The number of hydrogen-bond donors (Lipinski definition) is 3. The lowest BCUT2D eigenvalue weighted by atomic mass is 9.82. The first kappa shape index (κ1) is 44.3. The van der Waals surface area contributed by atoms with E-state index < -0.39 is 86.1 Å². The summed E-state index contributed by atoms with van der Waals surface area (Å²) in [5.74, 6) is -2.83. The van der Waals surface area contributed by atoms with Crippen LogP contribution in [-0.4, -0.2) is 113 Å². The summed E-state index contributed by atoms with van der Waals surface area (Å²) in [5, 5.41) is 14.9. The van der Waals surface area contributed by atoms with Gasteiger partial charge in [0.25, 0.3) is 12.3 Å². The van der Waals surface area contributed by atoms with E-state index in [1.807, 2.05) is 19.1 Å². The number of aromatic nitrogens is 1. The average molecular weight is 874 g/mol. The summed E-state index contributed by atoms with van der Waals surface area (Å²) in [6.45, 7) is 7.58. The Morgan fingerprint density at radius 3 is 2.59 bits per heavy atom. The van der Waals surface area contributed by atoms with Gasteiger partial charge in [-0.05, 0) is 108 Å². The molecule has 7 rings (SSSR count). The molecule has 2 aliphatic carbocycles. The number of amides is 4. The number of rotatable bonds is 10. The molecule has 0 bridgehead atoms. The highest BCUT2D eigenvalue weighted by Gasteiger charge is 2.63. The van der Waals surface area contributed by atoms with Crippen LogP contribution in [0, 0.1) is 17.8 Å². The van der Waals surface area contributed by atoms with Crippen molar-refractivity contribution < 1.29 is 55.7 Å². The molecule has 334 valence electrons. The molecule has 15 nitrogen and oxygen atoms in total. The first-order valence-electron chi connectivity index (χ1n) is 21.2. The minimum atomic E-state index is -4.10. The van der Waals surface area contributed by atoms with Gasteiger partial charge in [0.2, 0.25) is 33.6 Å². The highest BCUT2D eigenvalue weighted by atomic mass is 32.2. The van der Waals surface area contributed by atoms with E-state index in [0.29, 0.717) is 67.0 Å². The largest absolute Gasteiger partial charge is 0.497 e. The van der Waals surface area contributed by atoms with E-state index in [0.717, 1.165) is 31.2 Å². The second-order valence-electron chi connectivity index (χ2n) is 18.3. The Balaban J connectivity index is 1.31. The number of carboxylic acid groups (broad SMARTS) is 1. The summed E-state index contributed by atoms with van der Waals surface area (Å²) in [6, 6.07) is 2.36. The van der Waals surface area contributed by atoms with Crippen molar-refractivity contribution >= 4 is 44.6 Å². The van der Waals surface area contributed by atoms with Gasteiger partial charge in [0.05, 0.1) is 25.0 Å². The Labute approximate surface area is 355 Å². The number of carbonyl (C=O) groups excluding carboxylic acids is 3. The molecule has 0 radical (unpaired) electrons. The number of sulfonamides is 1. The molecule has 3 aliphatic heterocycles. The molecule has 2 aromatic rings. The second-order valence-corrected chi connectivity index (χ2v) is 20.5. The molecule has 0 spiro atoms. The van der Waals surface area contributed by atoms with Crippen LogP contribution in [-0.2, 0) is 30.8 Å². The van der Waals surface area contributed by atoms with Crippen molar-refractivity contribution in [3.63, 3.8) is 0 Å². The first-order chi connectivity index (χ1) is 28.8. The molecule has 7 atom stereocenters. The Bertz CT molecular complexity index is 2220. The van der Waals surface area contributed by atoms with Crippen molar-refractivity contribution in [2.45, 2.75) is 139 Å². The topological polar surface area (TPSA) is 194 Å². The van der Waals surface area contributed by atoms with Gasteiger partial charge in [0.1, 0.15) is 35.0 Å². The van der Waals surface area contributed by atoms with Gasteiger partial charge in [0, 0.05) is 23.3 Å². The summed E-state index contributed by atoms with van der Waals surface area (Å²) in [4.78, 5) is 63.7. The minimum absolute atomic E-state index is 0.0911. The fourth-order valence-corrected chi connectivity index (χ4v) is 10.5. The van der Waals surface area contributed by atoms with Crippen LogP contribution in [0.5, 0.6) is 17.5 Å². The zero-order chi connectivity index (χ0) is 44.2. The second kappa shape index (κ2) is 16.5. The van der Waals surface area contributed by atoms with Crippen molar-refractivity contribution in [3.05, 3.63) is 35.9 Å². The van der Waals surface area contributed by atoms with Gasteiger partial charge >= 0.3 is 6.09 Å². The van der Waals surface area contributed by atoms with E-state index in [9.17, 15) is 36.7 Å². The molecule has 0 unspecified atom stereocenters. The molecule has 3 N–H and O–H groups in total. The number of benzene rings is 1. The van der Waals surface area contributed by atoms with Gasteiger partial charge in [-0.25, -0.2) is 22.0 Å². The summed E-state index contributed by atoms with van der Waals surface area (Å²) < 4.78 is 75.4. The lowest BCUT2D eigenvalue weighted by Crippen LogP contribution is -2.65. The Morgan fingerprint density at radius 2 is 1.93 bits per heavy atom. The molecule has 3 fully saturated rings. The molecular weight excluding hydrogens is 817 g/mol. The molecule has 4 heterocycles. The number of ether oxygens (including phenoxy) is 3. The zero-order valence-electron chi connectivity index (χ0n) is 35.5. The number of halogens is 2. The predicted octanol–water partition coefficient (Wildman–Crippen LogP) is 5.58. The number of aryl methyl sites for hydroxylation is 1. The van der Waals surface area contributed by atoms with Crippen LogP contribution in [0.1, 0.15) is 98.0 Å². The number of pyridine rings is 1. The van der Waals surface area contributed by atoms with Crippen molar-refractivity contribution in [2.24, 2.45) is 17.8 Å². The van der Waals surface area contributed by atoms with Crippen LogP contribution in [0.25, 0.3) is 10.8 Å². The maximum Gasteiger partial charge on any atom is 0.408 e. The molecule has 18 heteroatoms. The number of hydrogen-bond acceptors (Lipinski definition) is 10. The molecule has 1 aromatic heterocycles. The number of carbonyl (C=O) groups is 4. The lowest BCUT2D eigenvalue weighted by molar-refractivity contribution is -0.149. The van der Waals surface area contributed by atoms with Crippen molar-refractivity contribution in [1.29, 1.82) is 0 Å². The first-order valence-corrected chi connectivity index (χ1v) is 22.7. The molecule has 1 saturated heterocycles. The van der Waals surface area contributed by atoms with Gasteiger partial charge in [-0.1, -0.05) is 32.4 Å². The van der Waals surface area contributed by atoms with Crippen LogP contribution in [0.2, 0.25) is 0 Å². The number of fused-ring (bicyclic) bond motifs is 5. The maximum atomic E-state index is 15.3. The summed E-state index contributed by atoms with van der Waals surface area (Å²) >= 11 is 0. The van der Waals surface area contributed by atoms with Crippen LogP contribution in [0.4, 0.5) is 13.6 Å². The molecule has 4 amide bonds. The minimum Gasteiger partial charge on any atom is -0.497 e. The number of nitrogens with zero attached hydrogens (tertiary/aromatic N) is 3. The number of alkyl halides is 2. The maximum absolute atomic E-state index is 15.3. The fraction of sp³-hybridized carbons (Fsp3) is 0.651. The monoisotopic (exact) mass is 873 g/mol. The number of nitrogens with one attached hydrogen (secondary N) is 2. The van der Waals surface area contributed by atoms with E-state index in [2.05, 4.69) is 10.0 Å². The molecule has 61 heavy (non-hydrogen) atoms. The van der Waals surface area contributed by atoms with Gasteiger partial charge < -0.3 is 29.5 Å². The van der Waals surface area contributed by atoms with Crippen molar-refractivity contribution in [3.8, 4) is 17.5 Å². The third-order valence-corrected chi connectivity index (χ3v) is 15.7. The van der Waals surface area contributed by atoms with Crippen LogP contribution < -0.4 is 24.2 Å². The zero-order valence-corrected chi connectivity index (χ0v) is 36.4. The number of methoxy groups -OCH3 is 1. The van der Waals surface area contributed by atoms with Crippen molar-refractivity contribution in [2.75, 3.05) is 20.3 Å². The Hall–Kier alpha value is -4.74. The Kier molecular flexibility index (Phi) is 12.0. The van der Waals surface area contributed by atoms with E-state index >= 15 is 4.79 Å². The van der Waals surface area contributed by atoms with E-state index in [4.69, 9.17) is 19.2 Å². The van der Waals surface area contributed by atoms with Gasteiger partial charge in [-0.2, -0.15) is 4.98 Å². The third-order valence-electron chi connectivity index (χ3n) is 13.5. The molecule has 5 aliphatic rings. The van der Waals surface area contributed by atoms with Crippen molar-refractivity contribution in [1.82, 2.24) is 24.8 Å². The summed E-state index contributed by atoms with van der Waals surface area (Å²) in [5.41, 5.74) is -3.12. The fourth-order valence-electron chi connectivity index (χ4n) is 9.21. The van der Waals surface area contributed by atoms with E-state index in [-0.39, 0.29) is 37.6 Å². The summed E-state index contributed by atoms with van der Waals surface area (Å²) in [7, 11) is -2.55. The lowest BCUT2D eigenvalue weighted by Gasteiger charge is -2.45. The quantitative estimate of drug-likeness (QED) is 0.252. The van der Waals surface area contributed by atoms with Crippen LogP contribution >= 0.6 is 0 Å². The average Bonchev–Trinajstić information content (AvgIpc) is 4.10. The van der Waals surface area contributed by atoms with Gasteiger partial charge in [0.15, 0.2) is 0 Å². The number of allylic oxidation sites excluding steroid dienone is 1. The molecular formula is C43H57F2N5O10S. The molecule has 1 aromatic carbocycles. The predicted molar refractivity (Wildman–Crippen MR) is 220 cm³/mol. The third kappa shape index (κ3) is 8.32. The highest BCUT2D eigenvalue weighted by Crippen LogP contribution is 2.48. The molecule has 2 saturated carbocycles.